The van der Waals surface area contributed by atoms with E-state index in [2.05, 4.69) is 115 Å². The van der Waals surface area contributed by atoms with Gasteiger partial charge in [-0.25, -0.2) is 13.2 Å². The molecule has 2 aromatic heterocycles. The third kappa shape index (κ3) is 18.0. The Bertz CT molecular complexity index is 3550. The number of hydrogen-bond donors (Lipinski definition) is 1. The lowest BCUT2D eigenvalue weighted by molar-refractivity contribution is -0.183. The SMILES string of the molecule is CCC(C)(C)C(=O)OC(C)C(F)(F)S(=O)(=O)[O-].CCC(C)(C)C(=O)OC1(CC)CC2CC1C1C3CCC(C3)C21.CCC(C)(C)C(=O)Oc1ccc2sc(=O)oc2c1.CCC(C)(C)C(=O)Oc1cccc(=O)[nH]1.c1ccc([S+](c2ccccc2)c2ccccc2)cc1. The maximum absolute atomic E-state index is 13.0. The molecule has 4 bridgehead atoms. The second-order valence-corrected chi connectivity index (χ2v) is 31.0. The maximum atomic E-state index is 13.0. The predicted octanol–water partition coefficient (Wildman–Crippen LogP) is 16.0. The third-order valence-corrected chi connectivity index (χ3v) is 23.1. The lowest BCUT2D eigenvalue weighted by atomic mass is 9.65. The lowest BCUT2D eigenvalue weighted by Gasteiger charge is -2.46. The summed E-state index contributed by atoms with van der Waals surface area (Å²) in [4.78, 5) is 75.9. The summed E-state index contributed by atoms with van der Waals surface area (Å²) in [5.74, 6) is 4.38. The zero-order valence-electron chi connectivity index (χ0n) is 54.9. The lowest BCUT2D eigenvalue weighted by Crippen LogP contribution is -2.49. The van der Waals surface area contributed by atoms with Gasteiger partial charge in [-0.3, -0.25) is 29.0 Å². The van der Waals surface area contributed by atoms with Crippen LogP contribution in [-0.4, -0.2) is 58.8 Å². The van der Waals surface area contributed by atoms with Crippen molar-refractivity contribution in [1.82, 2.24) is 4.98 Å². The molecule has 0 aliphatic heterocycles. The molecule has 91 heavy (non-hydrogen) atoms. The van der Waals surface area contributed by atoms with Crippen molar-refractivity contribution in [1.29, 1.82) is 0 Å². The van der Waals surface area contributed by atoms with Crippen LogP contribution >= 0.6 is 11.3 Å². The fourth-order valence-electron chi connectivity index (χ4n) is 11.7. The highest BCUT2D eigenvalue weighted by Gasteiger charge is 2.68. The van der Waals surface area contributed by atoms with Gasteiger partial charge < -0.3 is 27.9 Å². The van der Waals surface area contributed by atoms with Crippen molar-refractivity contribution in [2.24, 2.45) is 57.2 Å². The van der Waals surface area contributed by atoms with Gasteiger partial charge in [-0.15, -0.1) is 0 Å². The van der Waals surface area contributed by atoms with Crippen molar-refractivity contribution < 1.29 is 64.3 Å². The maximum Gasteiger partial charge on any atom is 0.396 e. The number of rotatable bonds is 18. The van der Waals surface area contributed by atoms with Gasteiger partial charge in [0.15, 0.2) is 36.5 Å². The molecule has 4 fully saturated rings. The summed E-state index contributed by atoms with van der Waals surface area (Å²) in [6.45, 7) is 24.8. The fraction of sp³-hybridized carbons (Fsp3) is 0.521. The summed E-state index contributed by atoms with van der Waals surface area (Å²) >= 11 is 1.03. The number of halogens is 2. The van der Waals surface area contributed by atoms with E-state index in [-0.39, 0.29) is 56.2 Å². The van der Waals surface area contributed by atoms with Crippen molar-refractivity contribution in [3.63, 3.8) is 0 Å². The topological polar surface area (TPSA) is 225 Å². The van der Waals surface area contributed by atoms with E-state index in [1.54, 1.807) is 51.1 Å². The third-order valence-electron chi connectivity index (χ3n) is 19.0. The van der Waals surface area contributed by atoms with Crippen LogP contribution in [0.4, 0.5) is 8.78 Å². The van der Waals surface area contributed by atoms with E-state index in [0.29, 0.717) is 43.4 Å². The number of pyridine rings is 1. The van der Waals surface area contributed by atoms with Gasteiger partial charge in [0, 0.05) is 18.1 Å². The number of hydrogen-bond acceptors (Lipinski definition) is 15. The number of carbonyl (C=O) groups excluding carboxylic acids is 4. The number of H-pyrrole nitrogens is 1. The van der Waals surface area contributed by atoms with Crippen LogP contribution in [0.25, 0.3) is 10.3 Å². The van der Waals surface area contributed by atoms with E-state index in [9.17, 15) is 50.5 Å². The molecule has 4 aromatic carbocycles. The van der Waals surface area contributed by atoms with Crippen molar-refractivity contribution in [3.8, 4) is 11.6 Å². The Morgan fingerprint density at radius 3 is 1.58 bits per heavy atom. The number of carbonyl (C=O) groups is 4. The van der Waals surface area contributed by atoms with Crippen LogP contribution in [-0.2, 0) is 49.7 Å². The number of fused-ring (bicyclic) bond motifs is 10. The molecule has 15 nitrogen and oxygen atoms in total. The Kier molecular flexibility index (Phi) is 24.7. The number of benzene rings is 4. The molecule has 6 aromatic rings. The van der Waals surface area contributed by atoms with Crippen LogP contribution in [0.15, 0.2) is 156 Å². The molecule has 0 spiro atoms. The molecule has 496 valence electrons. The van der Waals surface area contributed by atoms with E-state index in [1.807, 2.05) is 41.5 Å². The summed E-state index contributed by atoms with van der Waals surface area (Å²) < 4.78 is 83.6. The van der Waals surface area contributed by atoms with Gasteiger partial charge in [0.25, 0.3) is 5.56 Å². The van der Waals surface area contributed by atoms with Gasteiger partial charge in [-0.2, -0.15) is 8.78 Å². The molecule has 4 saturated carbocycles. The summed E-state index contributed by atoms with van der Waals surface area (Å²) in [5, 5.41) is -4.63. The Morgan fingerprint density at radius 2 is 1.11 bits per heavy atom. The highest BCUT2D eigenvalue weighted by molar-refractivity contribution is 7.97. The summed E-state index contributed by atoms with van der Waals surface area (Å²) in [6, 6.07) is 41.6. The molecule has 1 N–H and O–H groups in total. The zero-order chi connectivity index (χ0) is 67.5. The smallest absolute Gasteiger partial charge is 0.396 e. The first-order chi connectivity index (χ1) is 42.6. The van der Waals surface area contributed by atoms with Crippen LogP contribution in [0.5, 0.6) is 11.6 Å². The average molecular weight is 1320 g/mol. The molecule has 4 aliphatic rings. The second kappa shape index (κ2) is 30.5. The van der Waals surface area contributed by atoms with Gasteiger partial charge in [0.05, 0.1) is 37.3 Å². The molecule has 20 heteroatoms. The second-order valence-electron chi connectivity index (χ2n) is 26.6. The van der Waals surface area contributed by atoms with Crippen LogP contribution in [0.3, 0.4) is 0 Å². The molecule has 0 amide bonds. The van der Waals surface area contributed by atoms with E-state index in [4.69, 9.17) is 18.6 Å². The molecule has 4 aliphatic carbocycles. The Morgan fingerprint density at radius 1 is 0.637 bits per heavy atom. The normalized spacial score (nSPS) is 21.0. The van der Waals surface area contributed by atoms with E-state index in [1.165, 1.54) is 60.3 Å². The van der Waals surface area contributed by atoms with Crippen molar-refractivity contribution in [2.75, 3.05) is 0 Å². The number of alkyl halides is 2. The van der Waals surface area contributed by atoms with Crippen molar-refractivity contribution in [2.45, 2.75) is 193 Å². The molecule has 0 saturated heterocycles. The zero-order valence-corrected chi connectivity index (χ0v) is 57.4. The van der Waals surface area contributed by atoms with Crippen molar-refractivity contribution >= 4 is 66.5 Å². The first kappa shape index (κ1) is 73.6. The number of esters is 4. The minimum absolute atomic E-state index is 0.0146. The van der Waals surface area contributed by atoms with Crippen molar-refractivity contribution in [3.05, 3.63) is 147 Å². The quantitative estimate of drug-likeness (QED) is 0.0278. The molecule has 0 radical (unpaired) electrons. The minimum atomic E-state index is -5.86. The Hall–Kier alpha value is -6.48. The minimum Gasteiger partial charge on any atom is -0.743 e. The first-order valence-electron chi connectivity index (χ1n) is 31.5. The molecule has 2 heterocycles. The summed E-state index contributed by atoms with van der Waals surface area (Å²) in [7, 11) is -5.87. The van der Waals surface area contributed by atoms with E-state index in [0.717, 1.165) is 64.9 Å². The number of nitrogens with one attached hydrogen (secondary N) is 1. The van der Waals surface area contributed by atoms with Crippen LogP contribution in [0.1, 0.15) is 161 Å². The largest absolute Gasteiger partial charge is 0.743 e. The van der Waals surface area contributed by atoms with E-state index < -0.39 is 43.7 Å². The van der Waals surface area contributed by atoms with Crippen LogP contribution in [0, 0.1) is 57.2 Å². The predicted molar refractivity (Wildman–Crippen MR) is 350 cm³/mol. The number of aromatic nitrogens is 1. The molecular formula is C71H91F2NO14S3. The first-order valence-corrected chi connectivity index (χ1v) is 34.9. The Balaban J connectivity index is 0.000000182. The van der Waals surface area contributed by atoms with Crippen LogP contribution < -0.4 is 20.0 Å². The van der Waals surface area contributed by atoms with Gasteiger partial charge in [0.2, 0.25) is 5.88 Å². The molecule has 8 atom stereocenters. The Labute approximate surface area is 541 Å². The summed E-state index contributed by atoms with van der Waals surface area (Å²) in [5.41, 5.74) is -2.37. The average Bonchev–Trinajstić information content (AvgIpc) is 1.54. The molecular weight excluding hydrogens is 1220 g/mol. The van der Waals surface area contributed by atoms with Gasteiger partial charge in [-0.05, 0) is 211 Å². The monoisotopic (exact) mass is 1320 g/mol. The van der Waals surface area contributed by atoms with Gasteiger partial charge in [-0.1, -0.05) is 107 Å². The highest BCUT2D eigenvalue weighted by Crippen LogP contribution is 2.71. The molecule has 10 rings (SSSR count). The van der Waals surface area contributed by atoms with Gasteiger partial charge in [0.1, 0.15) is 11.4 Å². The van der Waals surface area contributed by atoms with E-state index >= 15 is 0 Å². The number of ether oxygens (including phenoxy) is 4. The fourth-order valence-corrected chi connectivity index (χ4v) is 15.0. The van der Waals surface area contributed by atoms with Gasteiger partial charge >= 0.3 is 34.1 Å². The number of aromatic amines is 1. The summed E-state index contributed by atoms with van der Waals surface area (Å²) in [6.07, 6.45) is 8.18. The molecule has 8 unspecified atom stereocenters. The highest BCUT2D eigenvalue weighted by atomic mass is 32.2. The standard InChI is InChI=1S/C20H32O2.C18H15S.C13H14O4S.C11H15NO3.C9H16F2O5S/c1-5-19(3,4)18(21)22-20(6-2)11-14-10-15(20)17-13-8-7-12(9-13)16(14)17;1-4-10-16(11-5-1)19(17-12-6-2-7-13-17)18-14-8-3-9-15-18;1-4-13(2,3)11(14)16-8-5-6-10-9(7-8)17-12(15)18-10;1-4-11(2,3)10(14)15-9-7-5-6-8(13)12-9;1-5-8(3,4)7(12)16-6(2)9(10,11)17(13,14)15/h12-17H,5-11H2,1-4H3;1-15H;5-7H,4H2,1-3H3;5-7H,4H2,1-3H3,(H,12,13);6H,5H2,1-4H3,(H,13,14,15)/q;+1;;;/p-1. The van der Waals surface area contributed by atoms with Crippen LogP contribution in [0.2, 0.25) is 0 Å².